The van der Waals surface area contributed by atoms with Crippen molar-refractivity contribution < 1.29 is 9.13 Å². The quantitative estimate of drug-likeness (QED) is 0.910. The second kappa shape index (κ2) is 5.25. The molecule has 2 rings (SSSR count). The summed E-state index contributed by atoms with van der Waals surface area (Å²) in [5.41, 5.74) is 7.18. The number of thiazole rings is 1. The van der Waals surface area contributed by atoms with Crippen molar-refractivity contribution in [2.75, 3.05) is 0 Å². The van der Waals surface area contributed by atoms with Gasteiger partial charge in [-0.2, -0.15) is 0 Å². The maximum Gasteiger partial charge on any atom is 0.140 e. The lowest BCUT2D eigenvalue weighted by atomic mass is 10.2. The van der Waals surface area contributed by atoms with Crippen molar-refractivity contribution in [1.29, 1.82) is 0 Å². The number of rotatable bonds is 4. The Labute approximate surface area is 103 Å². The van der Waals surface area contributed by atoms with Crippen LogP contribution in [-0.2, 0) is 13.2 Å². The number of nitrogens with two attached hydrogens (primary N) is 1. The highest BCUT2D eigenvalue weighted by Crippen LogP contribution is 2.21. The second-order valence-electron chi connectivity index (χ2n) is 3.63. The fraction of sp³-hybridized carbons (Fsp3) is 0.250. The molecule has 0 amide bonds. The molecule has 0 aliphatic heterocycles. The fourth-order valence-corrected chi connectivity index (χ4v) is 2.14. The molecule has 1 aromatic carbocycles. The number of aryl methyl sites for hydroxylation is 1. The Morgan fingerprint density at radius 3 is 2.94 bits per heavy atom. The van der Waals surface area contributed by atoms with E-state index >= 15 is 0 Å². The van der Waals surface area contributed by atoms with Crippen LogP contribution in [0.25, 0.3) is 0 Å². The molecule has 0 saturated carbocycles. The molecule has 0 atom stereocenters. The number of benzene rings is 1. The topological polar surface area (TPSA) is 48.1 Å². The van der Waals surface area contributed by atoms with Gasteiger partial charge in [0.05, 0.1) is 0 Å². The normalized spacial score (nSPS) is 10.5. The van der Waals surface area contributed by atoms with Crippen molar-refractivity contribution in [3.05, 3.63) is 45.7 Å². The first-order valence-electron chi connectivity index (χ1n) is 5.21. The lowest BCUT2D eigenvalue weighted by Crippen LogP contribution is -2.03. The van der Waals surface area contributed by atoms with E-state index in [-0.39, 0.29) is 12.4 Å². The minimum Gasteiger partial charge on any atom is -0.486 e. The summed E-state index contributed by atoms with van der Waals surface area (Å²) in [6.07, 6.45) is 0. The monoisotopic (exact) mass is 252 g/mol. The Kier molecular flexibility index (Phi) is 3.71. The van der Waals surface area contributed by atoms with Crippen molar-refractivity contribution in [1.82, 2.24) is 4.98 Å². The van der Waals surface area contributed by atoms with Crippen molar-refractivity contribution in [2.45, 2.75) is 20.1 Å². The van der Waals surface area contributed by atoms with E-state index in [9.17, 15) is 4.39 Å². The van der Waals surface area contributed by atoms with Crippen molar-refractivity contribution in [2.24, 2.45) is 5.73 Å². The summed E-state index contributed by atoms with van der Waals surface area (Å²) in [6.45, 7) is 2.57. The van der Waals surface area contributed by atoms with Crippen LogP contribution in [0.3, 0.4) is 0 Å². The highest BCUT2D eigenvalue weighted by atomic mass is 32.1. The highest BCUT2D eigenvalue weighted by molar-refractivity contribution is 7.09. The smallest absolute Gasteiger partial charge is 0.140 e. The number of nitrogens with zero attached hydrogens (tertiary/aromatic N) is 1. The number of ether oxygens (including phenoxy) is 1. The van der Waals surface area contributed by atoms with Crippen molar-refractivity contribution >= 4 is 11.3 Å². The highest BCUT2D eigenvalue weighted by Gasteiger charge is 2.05. The summed E-state index contributed by atoms with van der Waals surface area (Å²) < 4.78 is 18.6. The molecule has 0 unspecified atom stereocenters. The molecule has 1 aromatic heterocycles. The number of halogens is 1. The Morgan fingerprint density at radius 2 is 2.29 bits per heavy atom. The molecule has 1 heterocycles. The van der Waals surface area contributed by atoms with E-state index in [1.54, 1.807) is 17.4 Å². The molecule has 2 aromatic rings. The predicted octanol–water partition coefficient (Wildman–Crippen LogP) is 2.63. The van der Waals surface area contributed by atoms with Gasteiger partial charge in [-0.15, -0.1) is 11.3 Å². The maximum atomic E-state index is 13.0. The van der Waals surface area contributed by atoms with Gasteiger partial charge in [0, 0.05) is 23.2 Å². The average Bonchev–Trinajstić information content (AvgIpc) is 2.73. The Hall–Kier alpha value is -1.46. The summed E-state index contributed by atoms with van der Waals surface area (Å²) in [5.74, 6) is 0.310. The third kappa shape index (κ3) is 3.01. The molecule has 0 aliphatic rings. The average molecular weight is 252 g/mol. The van der Waals surface area contributed by atoms with Crippen LogP contribution >= 0.6 is 11.3 Å². The first kappa shape index (κ1) is 12.0. The van der Waals surface area contributed by atoms with Crippen molar-refractivity contribution in [3.8, 4) is 5.75 Å². The van der Waals surface area contributed by atoms with Gasteiger partial charge < -0.3 is 10.5 Å². The van der Waals surface area contributed by atoms with Gasteiger partial charge in [-0.1, -0.05) is 0 Å². The first-order valence-corrected chi connectivity index (χ1v) is 6.09. The van der Waals surface area contributed by atoms with E-state index in [1.807, 2.05) is 12.3 Å². The molecule has 90 valence electrons. The number of hydrogen-bond acceptors (Lipinski definition) is 4. The van der Waals surface area contributed by atoms with E-state index in [4.69, 9.17) is 10.5 Å². The predicted molar refractivity (Wildman–Crippen MR) is 65.5 cm³/mol. The van der Waals surface area contributed by atoms with E-state index in [0.717, 1.165) is 10.7 Å². The summed E-state index contributed by atoms with van der Waals surface area (Å²) in [7, 11) is 0. The lowest BCUT2D eigenvalue weighted by Gasteiger charge is -2.08. The van der Waals surface area contributed by atoms with Gasteiger partial charge in [0.2, 0.25) is 0 Å². The van der Waals surface area contributed by atoms with Crippen LogP contribution in [0.4, 0.5) is 4.39 Å². The minimum absolute atomic E-state index is 0.254. The third-order valence-corrected chi connectivity index (χ3v) is 3.20. The zero-order chi connectivity index (χ0) is 12.3. The van der Waals surface area contributed by atoms with Gasteiger partial charge >= 0.3 is 0 Å². The third-order valence-electron chi connectivity index (χ3n) is 2.26. The van der Waals surface area contributed by atoms with Crippen LogP contribution in [0.5, 0.6) is 5.75 Å². The van der Waals surface area contributed by atoms with E-state index in [0.29, 0.717) is 17.9 Å². The molecule has 17 heavy (non-hydrogen) atoms. The molecule has 0 aliphatic carbocycles. The minimum atomic E-state index is -0.303. The van der Waals surface area contributed by atoms with Crippen LogP contribution in [0.15, 0.2) is 23.6 Å². The van der Waals surface area contributed by atoms with Crippen LogP contribution in [-0.4, -0.2) is 4.98 Å². The second-order valence-corrected chi connectivity index (χ2v) is 4.57. The van der Waals surface area contributed by atoms with Crippen LogP contribution in [0, 0.1) is 12.7 Å². The van der Waals surface area contributed by atoms with Crippen LogP contribution in [0.1, 0.15) is 16.3 Å². The summed E-state index contributed by atoms with van der Waals surface area (Å²) in [6, 6.07) is 4.35. The lowest BCUT2D eigenvalue weighted by molar-refractivity contribution is 0.301. The van der Waals surface area contributed by atoms with Crippen LogP contribution < -0.4 is 10.5 Å². The van der Waals surface area contributed by atoms with E-state index in [1.165, 1.54) is 12.1 Å². The fourth-order valence-electron chi connectivity index (χ4n) is 1.46. The van der Waals surface area contributed by atoms with Gasteiger partial charge in [0.1, 0.15) is 23.2 Å². The standard InChI is InChI=1S/C12H13FN2OS/c1-8-7-17-12(15-8)6-16-11-3-2-10(13)4-9(11)5-14/h2-4,7H,5-6,14H2,1H3. The molecule has 3 nitrogen and oxygen atoms in total. The molecular weight excluding hydrogens is 239 g/mol. The zero-order valence-electron chi connectivity index (χ0n) is 9.44. The maximum absolute atomic E-state index is 13.0. The van der Waals surface area contributed by atoms with Gasteiger partial charge in [-0.25, -0.2) is 9.37 Å². The Balaban J connectivity index is 2.08. The molecule has 0 spiro atoms. The summed E-state index contributed by atoms with van der Waals surface area (Å²) in [5, 5.41) is 2.86. The molecule has 0 radical (unpaired) electrons. The van der Waals surface area contributed by atoms with Gasteiger partial charge in [0.15, 0.2) is 0 Å². The van der Waals surface area contributed by atoms with Crippen molar-refractivity contribution in [3.63, 3.8) is 0 Å². The molecule has 0 fully saturated rings. The van der Waals surface area contributed by atoms with Gasteiger partial charge in [-0.05, 0) is 25.1 Å². The molecule has 0 bridgehead atoms. The molecular formula is C12H13FN2OS. The van der Waals surface area contributed by atoms with Crippen LogP contribution in [0.2, 0.25) is 0 Å². The largest absolute Gasteiger partial charge is 0.486 e. The van der Waals surface area contributed by atoms with Gasteiger partial charge in [0.25, 0.3) is 0 Å². The Bertz CT molecular complexity index is 513. The first-order chi connectivity index (χ1) is 8.19. The molecule has 2 N–H and O–H groups in total. The van der Waals surface area contributed by atoms with E-state index in [2.05, 4.69) is 4.98 Å². The number of aromatic nitrogens is 1. The molecule has 0 saturated heterocycles. The van der Waals surface area contributed by atoms with E-state index < -0.39 is 0 Å². The SMILES string of the molecule is Cc1csc(COc2ccc(F)cc2CN)n1. The Morgan fingerprint density at radius 1 is 1.47 bits per heavy atom. The zero-order valence-corrected chi connectivity index (χ0v) is 10.3. The number of hydrogen-bond donors (Lipinski definition) is 1. The van der Waals surface area contributed by atoms with Gasteiger partial charge in [-0.3, -0.25) is 0 Å². The summed E-state index contributed by atoms with van der Waals surface area (Å²) in [4.78, 5) is 4.29. The molecule has 5 heteroatoms. The summed E-state index contributed by atoms with van der Waals surface area (Å²) >= 11 is 1.54.